The number of hydrogen-bond acceptors (Lipinski definition) is 2. The van der Waals surface area contributed by atoms with Crippen LogP contribution in [-0.4, -0.2) is 26.3 Å². The zero-order valence-corrected chi connectivity index (χ0v) is 10.3. The lowest BCUT2D eigenvalue weighted by molar-refractivity contribution is 0.125. The molecule has 0 aromatic heterocycles. The maximum atomic E-state index is 5.26. The Morgan fingerprint density at radius 1 is 1.14 bits per heavy atom. The molecule has 0 bridgehead atoms. The molecule has 86 valence electrons. The third-order valence-corrected chi connectivity index (χ3v) is 2.73. The second-order valence-corrected chi connectivity index (χ2v) is 3.97. The largest absolute Gasteiger partial charge is 0.384 e. The molecule has 0 aromatic rings. The topological polar surface area (TPSA) is 21.3 Å². The Bertz CT molecular complexity index is 117. The highest BCUT2D eigenvalue weighted by molar-refractivity contribution is 4.74. The molecule has 2 atom stereocenters. The first-order valence-corrected chi connectivity index (χ1v) is 6.02. The van der Waals surface area contributed by atoms with Crippen LogP contribution in [0.4, 0.5) is 0 Å². The minimum absolute atomic E-state index is 0.643. The number of rotatable bonds is 9. The monoisotopic (exact) mass is 201 g/mol. The summed E-state index contributed by atoms with van der Waals surface area (Å²) in [5.74, 6) is 0.673. The van der Waals surface area contributed by atoms with E-state index in [1.54, 1.807) is 7.11 Å². The lowest BCUT2D eigenvalue weighted by Crippen LogP contribution is -2.38. The van der Waals surface area contributed by atoms with E-state index >= 15 is 0 Å². The van der Waals surface area contributed by atoms with Crippen molar-refractivity contribution in [1.29, 1.82) is 0 Å². The minimum atomic E-state index is 0.643. The van der Waals surface area contributed by atoms with Gasteiger partial charge in [0, 0.05) is 13.2 Å². The van der Waals surface area contributed by atoms with Gasteiger partial charge in [0.05, 0.1) is 6.61 Å². The third-order valence-electron chi connectivity index (χ3n) is 2.73. The lowest BCUT2D eigenvalue weighted by atomic mass is 9.94. The Balaban J connectivity index is 3.97. The van der Waals surface area contributed by atoms with E-state index in [2.05, 4.69) is 26.1 Å². The van der Waals surface area contributed by atoms with Gasteiger partial charge in [-0.05, 0) is 31.7 Å². The highest BCUT2D eigenvalue weighted by Gasteiger charge is 2.17. The SMILES string of the molecule is CCCNC(CCC)C(CC)COC. The Morgan fingerprint density at radius 2 is 1.86 bits per heavy atom. The highest BCUT2D eigenvalue weighted by Crippen LogP contribution is 2.14. The quantitative estimate of drug-likeness (QED) is 0.619. The van der Waals surface area contributed by atoms with Crippen LogP contribution in [0.25, 0.3) is 0 Å². The smallest absolute Gasteiger partial charge is 0.0505 e. The van der Waals surface area contributed by atoms with Crippen LogP contribution in [-0.2, 0) is 4.74 Å². The van der Waals surface area contributed by atoms with Crippen molar-refractivity contribution in [2.24, 2.45) is 5.92 Å². The van der Waals surface area contributed by atoms with E-state index < -0.39 is 0 Å². The first-order valence-electron chi connectivity index (χ1n) is 6.02. The summed E-state index contributed by atoms with van der Waals surface area (Å²) in [7, 11) is 1.80. The molecule has 0 amide bonds. The highest BCUT2D eigenvalue weighted by atomic mass is 16.5. The van der Waals surface area contributed by atoms with Gasteiger partial charge < -0.3 is 10.1 Å². The predicted molar refractivity (Wildman–Crippen MR) is 62.6 cm³/mol. The molecular weight excluding hydrogens is 174 g/mol. The van der Waals surface area contributed by atoms with Gasteiger partial charge in [-0.15, -0.1) is 0 Å². The molecule has 0 rings (SSSR count). The molecule has 0 saturated carbocycles. The molecule has 0 heterocycles. The predicted octanol–water partition coefficient (Wildman–Crippen LogP) is 2.83. The normalized spacial score (nSPS) is 15.4. The van der Waals surface area contributed by atoms with Crippen molar-refractivity contribution in [1.82, 2.24) is 5.32 Å². The second-order valence-electron chi connectivity index (χ2n) is 3.97. The molecule has 0 fully saturated rings. The second kappa shape index (κ2) is 9.47. The van der Waals surface area contributed by atoms with Crippen molar-refractivity contribution in [2.45, 2.75) is 52.5 Å². The van der Waals surface area contributed by atoms with Crippen LogP contribution < -0.4 is 5.32 Å². The maximum absolute atomic E-state index is 5.26. The fraction of sp³-hybridized carbons (Fsp3) is 1.00. The molecule has 14 heavy (non-hydrogen) atoms. The van der Waals surface area contributed by atoms with Crippen molar-refractivity contribution in [2.75, 3.05) is 20.3 Å². The summed E-state index contributed by atoms with van der Waals surface area (Å²) in [4.78, 5) is 0. The Hall–Kier alpha value is -0.0800. The van der Waals surface area contributed by atoms with Gasteiger partial charge in [0.25, 0.3) is 0 Å². The van der Waals surface area contributed by atoms with Crippen LogP contribution in [0.2, 0.25) is 0 Å². The molecular formula is C12H27NO. The molecule has 0 aliphatic carbocycles. The summed E-state index contributed by atoms with van der Waals surface area (Å²) in [6.45, 7) is 8.73. The van der Waals surface area contributed by atoms with Crippen LogP contribution in [0.5, 0.6) is 0 Å². The molecule has 2 heteroatoms. The summed E-state index contributed by atoms with van der Waals surface area (Å²) in [5.41, 5.74) is 0. The zero-order chi connectivity index (χ0) is 10.8. The van der Waals surface area contributed by atoms with E-state index in [0.29, 0.717) is 12.0 Å². The first kappa shape index (κ1) is 13.9. The van der Waals surface area contributed by atoms with Gasteiger partial charge in [-0.1, -0.05) is 27.2 Å². The van der Waals surface area contributed by atoms with E-state index in [-0.39, 0.29) is 0 Å². The van der Waals surface area contributed by atoms with Gasteiger partial charge in [-0.3, -0.25) is 0 Å². The zero-order valence-electron chi connectivity index (χ0n) is 10.3. The van der Waals surface area contributed by atoms with Gasteiger partial charge in [0.15, 0.2) is 0 Å². The van der Waals surface area contributed by atoms with Crippen molar-refractivity contribution < 1.29 is 4.74 Å². The third kappa shape index (κ3) is 5.61. The molecule has 2 nitrogen and oxygen atoms in total. The Kier molecular flexibility index (Phi) is 9.42. The van der Waals surface area contributed by atoms with Gasteiger partial charge >= 0.3 is 0 Å². The summed E-state index contributed by atoms with van der Waals surface area (Å²) < 4.78 is 5.26. The Labute approximate surface area is 89.4 Å². The molecule has 0 radical (unpaired) electrons. The van der Waals surface area contributed by atoms with E-state index in [4.69, 9.17) is 4.74 Å². The number of hydrogen-bond donors (Lipinski definition) is 1. The van der Waals surface area contributed by atoms with Crippen molar-refractivity contribution >= 4 is 0 Å². The summed E-state index contributed by atoms with van der Waals surface area (Å²) in [5, 5.41) is 3.63. The number of methoxy groups -OCH3 is 1. The van der Waals surface area contributed by atoms with E-state index in [0.717, 1.165) is 13.2 Å². The van der Waals surface area contributed by atoms with Gasteiger partial charge in [0.1, 0.15) is 0 Å². The van der Waals surface area contributed by atoms with Crippen LogP contribution in [0.3, 0.4) is 0 Å². The van der Waals surface area contributed by atoms with E-state index in [1.807, 2.05) is 0 Å². The summed E-state index contributed by atoms with van der Waals surface area (Å²) in [6.07, 6.45) is 4.93. The van der Waals surface area contributed by atoms with E-state index in [9.17, 15) is 0 Å². The summed E-state index contributed by atoms with van der Waals surface area (Å²) >= 11 is 0. The van der Waals surface area contributed by atoms with Crippen molar-refractivity contribution in [3.8, 4) is 0 Å². The van der Waals surface area contributed by atoms with Crippen molar-refractivity contribution in [3.63, 3.8) is 0 Å². The van der Waals surface area contributed by atoms with Crippen molar-refractivity contribution in [3.05, 3.63) is 0 Å². The molecule has 2 unspecified atom stereocenters. The average Bonchev–Trinajstić information content (AvgIpc) is 2.21. The maximum Gasteiger partial charge on any atom is 0.0505 e. The Morgan fingerprint density at radius 3 is 2.29 bits per heavy atom. The van der Waals surface area contributed by atoms with Gasteiger partial charge in [-0.25, -0.2) is 0 Å². The minimum Gasteiger partial charge on any atom is -0.384 e. The average molecular weight is 201 g/mol. The molecule has 0 aromatic carbocycles. The van der Waals surface area contributed by atoms with Crippen LogP contribution in [0, 0.1) is 5.92 Å². The molecule has 1 N–H and O–H groups in total. The number of ether oxygens (including phenoxy) is 1. The van der Waals surface area contributed by atoms with Crippen LogP contribution in [0.15, 0.2) is 0 Å². The standard InChI is InChI=1S/C12H27NO/c1-5-8-12(13-9-6-2)11(7-3)10-14-4/h11-13H,5-10H2,1-4H3. The molecule has 0 aliphatic rings. The summed E-state index contributed by atoms with van der Waals surface area (Å²) in [6, 6.07) is 0.643. The molecule has 0 spiro atoms. The van der Waals surface area contributed by atoms with Gasteiger partial charge in [-0.2, -0.15) is 0 Å². The molecule has 0 saturated heterocycles. The molecule has 0 aliphatic heterocycles. The fourth-order valence-electron chi connectivity index (χ4n) is 1.88. The van der Waals surface area contributed by atoms with Crippen LogP contribution in [0.1, 0.15) is 46.5 Å². The lowest BCUT2D eigenvalue weighted by Gasteiger charge is -2.26. The number of nitrogens with one attached hydrogen (secondary N) is 1. The fourth-order valence-corrected chi connectivity index (χ4v) is 1.88. The van der Waals surface area contributed by atoms with E-state index in [1.165, 1.54) is 25.7 Å². The van der Waals surface area contributed by atoms with Gasteiger partial charge in [0.2, 0.25) is 0 Å². The van der Waals surface area contributed by atoms with Crippen LogP contribution >= 0.6 is 0 Å². The first-order chi connectivity index (χ1) is 6.79.